The molecule has 9 nitrogen and oxygen atoms in total. The highest BCUT2D eigenvalue weighted by molar-refractivity contribution is 7.23. The molecule has 0 saturated carbocycles. The van der Waals surface area contributed by atoms with Gasteiger partial charge in [0.1, 0.15) is 41.0 Å². The number of fused-ring (bicyclic) bond motifs is 3. The van der Waals surface area contributed by atoms with Crippen LogP contribution in [0.15, 0.2) is 18.2 Å². The van der Waals surface area contributed by atoms with Gasteiger partial charge in [-0.25, -0.2) is 13.2 Å². The van der Waals surface area contributed by atoms with Crippen molar-refractivity contribution in [2.24, 2.45) is 0 Å². The average molecular weight is 718 g/mol. The molecule has 3 saturated heterocycles. The maximum atomic E-state index is 17.1. The molecule has 0 bridgehead atoms. The lowest BCUT2D eigenvalue weighted by molar-refractivity contribution is -0.137. The zero-order valence-electron chi connectivity index (χ0n) is 27.4. The first-order valence-corrected chi connectivity index (χ1v) is 17.0. The molecule has 3 aliphatic heterocycles. The number of amides is 1. The number of halogens is 6. The maximum Gasteiger partial charge on any atom is 0.417 e. The molecule has 4 aromatic rings. The number of anilines is 2. The number of nitrogens with zero attached hydrogens (tertiary/aromatic N) is 6. The van der Waals surface area contributed by atoms with E-state index in [0.29, 0.717) is 37.3 Å². The number of ether oxygens (including phenoxy) is 1. The number of nitrogen functional groups attached to an aromatic ring is 1. The highest BCUT2D eigenvalue weighted by Gasteiger charge is 2.49. The van der Waals surface area contributed by atoms with Gasteiger partial charge >= 0.3 is 12.2 Å². The van der Waals surface area contributed by atoms with Crippen molar-refractivity contribution in [3.05, 3.63) is 41.0 Å². The fourth-order valence-corrected chi connectivity index (χ4v) is 9.16. The summed E-state index contributed by atoms with van der Waals surface area (Å²) in [6.07, 6.45) is -3.99. The van der Waals surface area contributed by atoms with Crippen LogP contribution in [0.1, 0.15) is 50.7 Å². The summed E-state index contributed by atoms with van der Waals surface area (Å²) in [6, 6.07) is 3.39. The molecule has 2 aromatic carbocycles. The number of thiophene rings is 1. The van der Waals surface area contributed by atoms with Crippen LogP contribution in [0, 0.1) is 23.0 Å². The Morgan fingerprint density at radius 1 is 1.26 bits per heavy atom. The van der Waals surface area contributed by atoms with Crippen molar-refractivity contribution >= 4 is 49.1 Å². The quantitative estimate of drug-likeness (QED) is 0.221. The standard InChI is InChI=1S/C34H33F6N7O2S/c1-16-24(7-10-47(16)17(2)48)45(3)31-20-11-22(34(38,39)40)26(19-5-6-23(36)29-25(19)21(13-41)30(42)50-29)27(37)28(20)43-32(44-31)49-15-33-8-4-9-46(33)14-18(35)12-33/h5-6,11,16,18,24H,4,7-10,12,14-15,42H2,1-3H3/t16-,18-,24+,33+/m1/s1. The van der Waals surface area contributed by atoms with Crippen molar-refractivity contribution in [1.82, 2.24) is 19.8 Å². The highest BCUT2D eigenvalue weighted by Crippen LogP contribution is 2.48. The van der Waals surface area contributed by atoms with E-state index >= 15 is 4.39 Å². The summed E-state index contributed by atoms with van der Waals surface area (Å²) < 4.78 is 97.4. The molecular weight excluding hydrogens is 684 g/mol. The van der Waals surface area contributed by atoms with Gasteiger partial charge in [-0.3, -0.25) is 9.69 Å². The van der Waals surface area contributed by atoms with E-state index < -0.39 is 52.2 Å². The molecule has 4 atom stereocenters. The van der Waals surface area contributed by atoms with Crippen LogP contribution in [0.4, 0.5) is 37.2 Å². The zero-order valence-corrected chi connectivity index (χ0v) is 28.2. The van der Waals surface area contributed by atoms with Gasteiger partial charge in [-0.1, -0.05) is 6.07 Å². The van der Waals surface area contributed by atoms with E-state index in [-0.39, 0.29) is 75.0 Å². The van der Waals surface area contributed by atoms with Gasteiger partial charge in [0.05, 0.1) is 27.4 Å². The second-order valence-corrected chi connectivity index (χ2v) is 14.4. The first-order chi connectivity index (χ1) is 23.6. The molecule has 16 heteroatoms. The largest absolute Gasteiger partial charge is 0.461 e. The van der Waals surface area contributed by atoms with Crippen LogP contribution in [0.2, 0.25) is 0 Å². The Kier molecular flexibility index (Phi) is 8.29. The first kappa shape index (κ1) is 34.1. The minimum atomic E-state index is -5.12. The second kappa shape index (κ2) is 12.2. The number of likely N-dealkylation sites (tertiary alicyclic amines) is 1. The molecular formula is C34H33F6N7O2S. The number of hydrogen-bond acceptors (Lipinski definition) is 9. The Balaban J connectivity index is 1.45. The van der Waals surface area contributed by atoms with Gasteiger partial charge in [0, 0.05) is 55.9 Å². The normalized spacial score (nSPS) is 23.9. The molecule has 3 fully saturated rings. The van der Waals surface area contributed by atoms with Gasteiger partial charge in [0.25, 0.3) is 0 Å². The van der Waals surface area contributed by atoms with Crippen molar-refractivity contribution < 1.29 is 35.9 Å². The summed E-state index contributed by atoms with van der Waals surface area (Å²) in [7, 11) is 1.61. The number of rotatable bonds is 6. The van der Waals surface area contributed by atoms with E-state index in [1.54, 1.807) is 16.8 Å². The molecule has 0 spiro atoms. The van der Waals surface area contributed by atoms with Crippen LogP contribution >= 0.6 is 11.3 Å². The van der Waals surface area contributed by atoms with Crippen molar-refractivity contribution in [1.29, 1.82) is 5.26 Å². The van der Waals surface area contributed by atoms with Gasteiger partial charge < -0.3 is 20.3 Å². The predicted octanol–water partition coefficient (Wildman–Crippen LogP) is 6.66. The van der Waals surface area contributed by atoms with Crippen LogP contribution in [0.25, 0.3) is 32.1 Å². The monoisotopic (exact) mass is 717 g/mol. The summed E-state index contributed by atoms with van der Waals surface area (Å²) in [6.45, 7) is 4.57. The fraction of sp³-hybridized carbons (Fsp3) is 0.471. The van der Waals surface area contributed by atoms with E-state index in [2.05, 4.69) is 9.97 Å². The number of hydrogen-bond donors (Lipinski definition) is 1. The number of nitriles is 1. The first-order valence-electron chi connectivity index (χ1n) is 16.2. The van der Waals surface area contributed by atoms with E-state index in [0.717, 1.165) is 24.6 Å². The predicted molar refractivity (Wildman–Crippen MR) is 177 cm³/mol. The second-order valence-electron chi connectivity index (χ2n) is 13.4. The third-order valence-corrected chi connectivity index (χ3v) is 11.6. The van der Waals surface area contributed by atoms with Gasteiger partial charge in [-0.05, 0) is 50.4 Å². The maximum absolute atomic E-state index is 17.1. The number of aromatic nitrogens is 2. The van der Waals surface area contributed by atoms with E-state index in [4.69, 9.17) is 10.5 Å². The number of carbonyl (C=O) groups is 1. The van der Waals surface area contributed by atoms with Crippen molar-refractivity contribution in [2.75, 3.05) is 43.9 Å². The lowest BCUT2D eigenvalue weighted by Crippen LogP contribution is -2.44. The Morgan fingerprint density at radius 3 is 2.70 bits per heavy atom. The number of nitrogens with two attached hydrogens (primary N) is 1. The number of likely N-dealkylation sites (N-methyl/N-ethyl adjacent to an activating group) is 1. The van der Waals surface area contributed by atoms with Gasteiger partial charge in [0.2, 0.25) is 5.91 Å². The Bertz CT molecular complexity index is 2080. The third kappa shape index (κ3) is 5.36. The summed E-state index contributed by atoms with van der Waals surface area (Å²) in [4.78, 5) is 26.4. The minimum absolute atomic E-state index is 0.0204. The zero-order chi connectivity index (χ0) is 35.9. The lowest BCUT2D eigenvalue weighted by atomic mass is 9.92. The molecule has 0 radical (unpaired) electrons. The molecule has 50 heavy (non-hydrogen) atoms. The average Bonchev–Trinajstić information content (AvgIpc) is 3.80. The summed E-state index contributed by atoms with van der Waals surface area (Å²) in [5.74, 6) is -2.43. The molecule has 3 aliphatic rings. The highest BCUT2D eigenvalue weighted by atomic mass is 32.1. The van der Waals surface area contributed by atoms with Crippen LogP contribution in [-0.4, -0.2) is 82.8 Å². The van der Waals surface area contributed by atoms with Crippen molar-refractivity contribution in [2.45, 2.75) is 69.5 Å². The summed E-state index contributed by atoms with van der Waals surface area (Å²) in [5.41, 5.74) is 1.86. The Hall–Kier alpha value is -4.36. The molecule has 0 aliphatic carbocycles. The SMILES string of the molecule is CC(=O)N1CC[C@H](N(C)c2nc(OC[C@@]34CCCN3C[C@H](F)C4)nc3c(F)c(-c4ccc(F)c5sc(N)c(C#N)c45)c(C(F)(F)F)cc23)[C@H]1C. The number of carbonyl (C=O) groups excluding carboxylic acids is 1. The Morgan fingerprint density at radius 2 is 2.02 bits per heavy atom. The van der Waals surface area contributed by atoms with Crippen LogP contribution < -0.4 is 15.4 Å². The van der Waals surface area contributed by atoms with E-state index in [1.165, 1.54) is 6.92 Å². The third-order valence-electron chi connectivity index (χ3n) is 10.6. The van der Waals surface area contributed by atoms with Crippen LogP contribution in [-0.2, 0) is 11.0 Å². The van der Waals surface area contributed by atoms with E-state index in [9.17, 15) is 32.0 Å². The molecule has 2 N–H and O–H groups in total. The summed E-state index contributed by atoms with van der Waals surface area (Å²) >= 11 is 0.678. The molecule has 0 unspecified atom stereocenters. The van der Waals surface area contributed by atoms with Crippen LogP contribution in [0.5, 0.6) is 6.01 Å². The molecule has 7 rings (SSSR count). The van der Waals surface area contributed by atoms with Gasteiger partial charge in [-0.2, -0.15) is 28.4 Å². The van der Waals surface area contributed by atoms with Crippen LogP contribution in [0.3, 0.4) is 0 Å². The summed E-state index contributed by atoms with van der Waals surface area (Å²) in [5, 5.41) is 9.19. The Labute approximate surface area is 287 Å². The van der Waals surface area contributed by atoms with Crippen molar-refractivity contribution in [3.8, 4) is 23.2 Å². The fourth-order valence-electron chi connectivity index (χ4n) is 8.21. The molecule has 1 amide bonds. The minimum Gasteiger partial charge on any atom is -0.461 e. The lowest BCUT2D eigenvalue weighted by Gasteiger charge is -2.33. The smallest absolute Gasteiger partial charge is 0.417 e. The van der Waals surface area contributed by atoms with Gasteiger partial charge in [0.15, 0.2) is 5.82 Å². The molecule has 264 valence electrons. The van der Waals surface area contributed by atoms with Gasteiger partial charge in [-0.15, -0.1) is 11.3 Å². The topological polar surface area (TPSA) is 112 Å². The van der Waals surface area contributed by atoms with E-state index in [1.807, 2.05) is 17.9 Å². The number of alkyl halides is 4. The number of benzene rings is 2. The molecule has 5 heterocycles. The van der Waals surface area contributed by atoms with Crippen molar-refractivity contribution in [3.63, 3.8) is 0 Å². The molecule has 2 aromatic heterocycles.